The molecule has 0 spiro atoms. The van der Waals surface area contributed by atoms with Crippen molar-refractivity contribution in [1.29, 1.82) is 0 Å². The van der Waals surface area contributed by atoms with Gasteiger partial charge >= 0.3 is 0 Å². The molecular weight excluding hydrogens is 662 g/mol. The quantitative estimate of drug-likeness (QED) is 0.0303. The molecule has 1 aliphatic rings. The maximum absolute atomic E-state index is 13.0. The minimum absolute atomic E-state index is 0.292. The highest BCUT2D eigenvalue weighted by Crippen LogP contribution is 2.22. The topological polar surface area (TPSA) is 169 Å². The zero-order chi connectivity index (χ0) is 38.2. The zero-order valence-electron chi connectivity index (χ0n) is 32.4. The standard InChI is InChI=1S/C42H75NO9/c1-3-5-7-9-11-13-15-16-17-18-19-21-23-25-27-29-31-36(46)41(50)43-34(33-51-42-40(49)39(48)38(47)37(32-44)52-42)35(45)30-28-26-24-22-20-14-12-10-8-6-4-2/h8,10,16-17,20,22,28,30,34-40,42,44-49H,3-7,9,11-15,18-19,21,23-27,29,31-33H2,1-2H3,(H,43,50)/b10-8+,17-16-,22-20+,30-28+. The number of hydrogen-bond donors (Lipinski definition) is 7. The van der Waals surface area contributed by atoms with E-state index in [4.69, 9.17) is 9.47 Å². The Morgan fingerprint density at radius 3 is 1.75 bits per heavy atom. The minimum atomic E-state index is -1.62. The number of rotatable bonds is 32. The molecule has 0 aromatic carbocycles. The summed E-state index contributed by atoms with van der Waals surface area (Å²) in [6.45, 7) is 3.47. The molecule has 7 N–H and O–H groups in total. The SMILES string of the molecule is CCC/C=C/CC/C=C/CC/C=C/C(O)C(COC1OC(CO)C(O)C(O)C1O)NC(=O)C(O)CCCCCCCC/C=C\CCCCCCCC. The van der Waals surface area contributed by atoms with Crippen LogP contribution in [-0.4, -0.2) is 98.7 Å². The molecule has 0 aromatic rings. The maximum atomic E-state index is 13.0. The minimum Gasteiger partial charge on any atom is -0.394 e. The summed E-state index contributed by atoms with van der Waals surface area (Å²) < 4.78 is 11.1. The first-order valence-corrected chi connectivity index (χ1v) is 20.5. The van der Waals surface area contributed by atoms with Crippen LogP contribution in [0.1, 0.15) is 149 Å². The van der Waals surface area contributed by atoms with E-state index in [0.717, 1.165) is 57.8 Å². The zero-order valence-corrected chi connectivity index (χ0v) is 32.4. The van der Waals surface area contributed by atoms with Crippen LogP contribution in [0, 0.1) is 0 Å². The second-order valence-electron chi connectivity index (χ2n) is 14.2. The van der Waals surface area contributed by atoms with Gasteiger partial charge < -0.3 is 45.4 Å². The first kappa shape index (κ1) is 48.1. The van der Waals surface area contributed by atoms with Crippen LogP contribution in [-0.2, 0) is 14.3 Å². The van der Waals surface area contributed by atoms with Crippen molar-refractivity contribution >= 4 is 5.91 Å². The van der Waals surface area contributed by atoms with Crippen LogP contribution in [0.15, 0.2) is 48.6 Å². The van der Waals surface area contributed by atoms with Crippen LogP contribution >= 0.6 is 0 Å². The van der Waals surface area contributed by atoms with Gasteiger partial charge in [-0.15, -0.1) is 0 Å². The molecular formula is C42H75NO9. The van der Waals surface area contributed by atoms with Crippen molar-refractivity contribution in [2.45, 2.75) is 198 Å². The molecule has 1 fully saturated rings. The Labute approximate surface area is 315 Å². The lowest BCUT2D eigenvalue weighted by atomic mass is 9.99. The van der Waals surface area contributed by atoms with E-state index in [1.165, 1.54) is 57.8 Å². The van der Waals surface area contributed by atoms with Crippen molar-refractivity contribution in [1.82, 2.24) is 5.32 Å². The van der Waals surface area contributed by atoms with Crippen molar-refractivity contribution in [2.24, 2.45) is 0 Å². The molecule has 302 valence electrons. The number of carbonyl (C=O) groups is 1. The summed E-state index contributed by atoms with van der Waals surface area (Å²) in [4.78, 5) is 13.0. The molecule has 10 nitrogen and oxygen atoms in total. The van der Waals surface area contributed by atoms with Gasteiger partial charge in [-0.25, -0.2) is 0 Å². The number of hydrogen-bond acceptors (Lipinski definition) is 9. The second kappa shape index (κ2) is 32.5. The third kappa shape index (κ3) is 23.0. The lowest BCUT2D eigenvalue weighted by Crippen LogP contribution is -2.60. The number of carbonyl (C=O) groups excluding carboxylic acids is 1. The van der Waals surface area contributed by atoms with E-state index in [1.807, 2.05) is 6.08 Å². The summed E-state index contributed by atoms with van der Waals surface area (Å²) in [6.07, 6.45) is 29.2. The Hall–Kier alpha value is -1.89. The average Bonchev–Trinajstić information content (AvgIpc) is 3.14. The van der Waals surface area contributed by atoms with E-state index >= 15 is 0 Å². The Morgan fingerprint density at radius 1 is 0.654 bits per heavy atom. The number of unbranched alkanes of at least 4 members (excludes halogenated alkanes) is 15. The molecule has 1 saturated heterocycles. The third-order valence-electron chi connectivity index (χ3n) is 9.44. The van der Waals surface area contributed by atoms with Gasteiger partial charge in [0.15, 0.2) is 6.29 Å². The Bertz CT molecular complexity index is 969. The highest BCUT2D eigenvalue weighted by Gasteiger charge is 2.44. The Balaban J connectivity index is 2.50. The molecule has 0 radical (unpaired) electrons. The number of amides is 1. The van der Waals surface area contributed by atoms with E-state index < -0.39 is 61.5 Å². The van der Waals surface area contributed by atoms with Crippen LogP contribution in [0.2, 0.25) is 0 Å². The van der Waals surface area contributed by atoms with E-state index in [2.05, 4.69) is 55.6 Å². The fraction of sp³-hybridized carbons (Fsp3) is 0.786. The average molecular weight is 738 g/mol. The van der Waals surface area contributed by atoms with Crippen LogP contribution < -0.4 is 5.32 Å². The highest BCUT2D eigenvalue weighted by atomic mass is 16.7. The molecule has 1 aliphatic heterocycles. The van der Waals surface area contributed by atoms with Crippen LogP contribution in [0.5, 0.6) is 0 Å². The molecule has 0 saturated carbocycles. The van der Waals surface area contributed by atoms with Gasteiger partial charge in [0.1, 0.15) is 30.5 Å². The smallest absolute Gasteiger partial charge is 0.249 e. The van der Waals surface area contributed by atoms with Gasteiger partial charge in [0.2, 0.25) is 5.91 Å². The van der Waals surface area contributed by atoms with Crippen molar-refractivity contribution in [2.75, 3.05) is 13.2 Å². The Kier molecular flexibility index (Phi) is 30.1. The van der Waals surface area contributed by atoms with Crippen molar-refractivity contribution < 1.29 is 44.9 Å². The summed E-state index contributed by atoms with van der Waals surface area (Å²) in [6, 6.07) is -1.00. The first-order valence-electron chi connectivity index (χ1n) is 20.5. The highest BCUT2D eigenvalue weighted by molar-refractivity contribution is 5.80. The molecule has 8 unspecified atom stereocenters. The normalized spacial score (nSPS) is 23.0. The number of ether oxygens (including phenoxy) is 2. The molecule has 1 heterocycles. The van der Waals surface area contributed by atoms with Crippen molar-refractivity contribution in [3.05, 3.63) is 48.6 Å². The lowest BCUT2D eigenvalue weighted by Gasteiger charge is -2.40. The molecule has 1 amide bonds. The summed E-state index contributed by atoms with van der Waals surface area (Å²) in [5, 5.41) is 64.3. The van der Waals surface area contributed by atoms with Gasteiger partial charge in [0.05, 0.1) is 25.4 Å². The number of allylic oxidation sites excluding steroid dienone is 7. The van der Waals surface area contributed by atoms with Gasteiger partial charge in [-0.2, -0.15) is 0 Å². The fourth-order valence-corrected chi connectivity index (χ4v) is 6.02. The molecule has 8 atom stereocenters. The van der Waals surface area contributed by atoms with Gasteiger partial charge in [-0.1, -0.05) is 133 Å². The maximum Gasteiger partial charge on any atom is 0.249 e. The van der Waals surface area contributed by atoms with E-state index in [9.17, 15) is 35.4 Å². The molecule has 0 aromatic heterocycles. The van der Waals surface area contributed by atoms with Crippen LogP contribution in [0.3, 0.4) is 0 Å². The Morgan fingerprint density at radius 2 is 1.17 bits per heavy atom. The molecule has 10 heteroatoms. The van der Waals surface area contributed by atoms with Crippen molar-refractivity contribution in [3.63, 3.8) is 0 Å². The number of nitrogens with one attached hydrogen (secondary N) is 1. The predicted molar refractivity (Wildman–Crippen MR) is 209 cm³/mol. The third-order valence-corrected chi connectivity index (χ3v) is 9.44. The van der Waals surface area contributed by atoms with E-state index in [1.54, 1.807) is 6.08 Å². The molecule has 0 bridgehead atoms. The molecule has 0 aliphatic carbocycles. The predicted octanol–water partition coefficient (Wildman–Crippen LogP) is 6.47. The number of aliphatic hydroxyl groups excluding tert-OH is 6. The van der Waals surface area contributed by atoms with Crippen molar-refractivity contribution in [3.8, 4) is 0 Å². The summed E-state index contributed by atoms with van der Waals surface area (Å²) in [5.41, 5.74) is 0. The second-order valence-corrected chi connectivity index (χ2v) is 14.2. The molecule has 52 heavy (non-hydrogen) atoms. The summed E-state index contributed by atoms with van der Waals surface area (Å²) in [5.74, 6) is -0.640. The summed E-state index contributed by atoms with van der Waals surface area (Å²) in [7, 11) is 0. The van der Waals surface area contributed by atoms with Crippen LogP contribution in [0.25, 0.3) is 0 Å². The van der Waals surface area contributed by atoms with Gasteiger partial charge in [-0.05, 0) is 64.2 Å². The van der Waals surface area contributed by atoms with Gasteiger partial charge in [0.25, 0.3) is 0 Å². The number of aliphatic hydroxyl groups is 6. The van der Waals surface area contributed by atoms with Gasteiger partial charge in [-0.3, -0.25) is 4.79 Å². The fourth-order valence-electron chi connectivity index (χ4n) is 6.02. The first-order chi connectivity index (χ1) is 25.3. The van der Waals surface area contributed by atoms with E-state index in [-0.39, 0.29) is 6.61 Å². The lowest BCUT2D eigenvalue weighted by molar-refractivity contribution is -0.302. The van der Waals surface area contributed by atoms with Gasteiger partial charge in [0, 0.05) is 0 Å². The van der Waals surface area contributed by atoms with Crippen LogP contribution in [0.4, 0.5) is 0 Å². The van der Waals surface area contributed by atoms with E-state index in [0.29, 0.717) is 19.3 Å². The summed E-state index contributed by atoms with van der Waals surface area (Å²) >= 11 is 0. The largest absolute Gasteiger partial charge is 0.394 e. The monoisotopic (exact) mass is 738 g/mol. The molecule has 1 rings (SSSR count).